The van der Waals surface area contributed by atoms with Crippen molar-refractivity contribution in [2.45, 2.75) is 77.7 Å². The zero-order chi connectivity index (χ0) is 20.3. The molecule has 28 heavy (non-hydrogen) atoms. The zero-order valence-electron chi connectivity index (χ0n) is 18.2. The molecule has 0 fully saturated rings. The van der Waals surface area contributed by atoms with E-state index in [0.29, 0.717) is 0 Å². The normalized spacial score (nSPS) is 10.8. The summed E-state index contributed by atoms with van der Waals surface area (Å²) in [5.74, 6) is -1.02. The molecule has 1 amide bonds. The summed E-state index contributed by atoms with van der Waals surface area (Å²) < 4.78 is 0. The summed E-state index contributed by atoms with van der Waals surface area (Å²) >= 11 is 0. The van der Waals surface area contributed by atoms with Gasteiger partial charge in [0.2, 0.25) is 0 Å². The number of carboxylic acid groups (broad SMARTS) is 1. The molecule has 0 radical (unpaired) electrons. The summed E-state index contributed by atoms with van der Waals surface area (Å²) in [5, 5.41) is 15.5. The van der Waals surface area contributed by atoms with Crippen molar-refractivity contribution in [3.8, 4) is 0 Å². The molecule has 1 aromatic rings. The van der Waals surface area contributed by atoms with Crippen molar-refractivity contribution in [3.05, 3.63) is 41.2 Å². The maximum absolute atomic E-state index is 11.1. The number of aryl methyl sites for hydroxylation is 1. The Morgan fingerprint density at radius 1 is 1.04 bits per heavy atom. The zero-order valence-corrected chi connectivity index (χ0v) is 21.4. The molecule has 1 atom stereocenters. The van der Waals surface area contributed by atoms with Gasteiger partial charge < -0.3 is 15.7 Å². The van der Waals surface area contributed by atoms with Crippen molar-refractivity contribution < 1.29 is 66.1 Å². The second kappa shape index (κ2) is 21.5. The quantitative estimate of drug-likeness (QED) is 0.382. The number of rotatable bonds is 13. The third-order valence-electron chi connectivity index (χ3n) is 4.26. The first-order chi connectivity index (χ1) is 13.0. The average molecular weight is 417 g/mol. The van der Waals surface area contributed by atoms with Crippen LogP contribution in [0.4, 0.5) is 0 Å². The van der Waals surface area contributed by atoms with Crippen LogP contribution in [0.2, 0.25) is 0 Å². The number of benzene rings is 1. The monoisotopic (exact) mass is 416 g/mol. The van der Waals surface area contributed by atoms with Crippen LogP contribution in [0.5, 0.6) is 0 Å². The van der Waals surface area contributed by atoms with Crippen molar-refractivity contribution in [2.75, 3.05) is 13.6 Å². The molecule has 0 aliphatic carbocycles. The van der Waals surface area contributed by atoms with Crippen molar-refractivity contribution in [1.82, 2.24) is 5.32 Å². The van der Waals surface area contributed by atoms with Gasteiger partial charge in [0, 0.05) is 13.5 Å². The van der Waals surface area contributed by atoms with Gasteiger partial charge in [-0.05, 0) is 6.92 Å². The van der Waals surface area contributed by atoms with E-state index in [1.807, 2.05) is 18.2 Å². The first-order valence-corrected chi connectivity index (χ1v) is 10.1. The number of carboxylic acids is 1. The van der Waals surface area contributed by atoms with Crippen LogP contribution in [0.3, 0.4) is 0 Å². The fourth-order valence-corrected chi connectivity index (χ4v) is 2.62. The Bertz CT molecular complexity index is 498. The summed E-state index contributed by atoms with van der Waals surface area (Å²) in [6.45, 7) is 4.34. The molecular weight excluding hydrogens is 379 g/mol. The summed E-state index contributed by atoms with van der Waals surface area (Å²) in [6, 6.07) is 10.0. The van der Waals surface area contributed by atoms with Crippen LogP contribution >= 0.6 is 0 Å². The van der Waals surface area contributed by atoms with Crippen LogP contribution in [-0.2, 0) is 9.59 Å². The Morgan fingerprint density at radius 3 is 2.07 bits per heavy atom. The Labute approximate surface area is 213 Å². The largest absolute Gasteiger partial charge is 1.00 e. The third-order valence-corrected chi connectivity index (χ3v) is 4.26. The molecule has 1 aromatic carbocycles. The second-order valence-electron chi connectivity index (χ2n) is 6.83. The van der Waals surface area contributed by atoms with Gasteiger partial charge in [-0.3, -0.25) is 9.59 Å². The average Bonchev–Trinajstić information content (AvgIpc) is 2.65. The SMILES string of the molecule is CCCCCCCCC[C@H](CC(=O)O)[N-]CC(=O)NC.Cc1ccccc1.[K+]. The molecule has 0 saturated carbocycles. The summed E-state index contributed by atoms with van der Waals surface area (Å²) in [5.41, 5.74) is 1.32. The Hall–Kier alpha value is -0.244. The van der Waals surface area contributed by atoms with E-state index in [2.05, 4.69) is 36.6 Å². The summed E-state index contributed by atoms with van der Waals surface area (Å²) in [7, 11) is 1.56. The topological polar surface area (TPSA) is 80.5 Å². The van der Waals surface area contributed by atoms with Gasteiger partial charge in [-0.15, -0.1) is 6.04 Å². The minimum atomic E-state index is -0.849. The number of likely N-dealkylation sites (N-methyl/N-ethyl adjacent to an activating group) is 1. The van der Waals surface area contributed by atoms with E-state index in [1.165, 1.54) is 37.7 Å². The number of amides is 1. The molecule has 0 heterocycles. The number of carbonyl (C=O) groups is 2. The van der Waals surface area contributed by atoms with Gasteiger partial charge in [0.1, 0.15) is 0 Å². The van der Waals surface area contributed by atoms with Gasteiger partial charge in [-0.25, -0.2) is 0 Å². The molecule has 0 aliphatic rings. The molecule has 0 bridgehead atoms. The fraction of sp³-hybridized carbons (Fsp3) is 0.636. The van der Waals surface area contributed by atoms with E-state index in [-0.39, 0.29) is 76.3 Å². The maximum atomic E-state index is 11.1. The minimum absolute atomic E-state index is 0. The minimum Gasteiger partial charge on any atom is -0.651 e. The number of nitrogens with one attached hydrogen (secondary N) is 1. The van der Waals surface area contributed by atoms with Crippen molar-refractivity contribution >= 4 is 11.9 Å². The van der Waals surface area contributed by atoms with Crippen LogP contribution in [0, 0.1) is 6.92 Å². The fourth-order valence-electron chi connectivity index (χ4n) is 2.62. The van der Waals surface area contributed by atoms with Crippen molar-refractivity contribution in [3.63, 3.8) is 0 Å². The number of nitrogens with zero attached hydrogens (tertiary/aromatic N) is 1. The number of hydrogen-bond acceptors (Lipinski definition) is 2. The predicted octanol–water partition coefficient (Wildman–Crippen LogP) is 2.09. The molecule has 154 valence electrons. The van der Waals surface area contributed by atoms with Gasteiger partial charge in [-0.1, -0.05) is 101 Å². The third kappa shape index (κ3) is 20.5. The molecule has 6 heteroatoms. The van der Waals surface area contributed by atoms with Crippen LogP contribution < -0.4 is 56.7 Å². The van der Waals surface area contributed by atoms with Gasteiger partial charge in [-0.2, -0.15) is 0 Å². The molecule has 0 aromatic heterocycles. The van der Waals surface area contributed by atoms with E-state index in [1.54, 1.807) is 7.05 Å². The molecule has 0 spiro atoms. The van der Waals surface area contributed by atoms with Gasteiger partial charge in [0.05, 0.1) is 0 Å². The van der Waals surface area contributed by atoms with Crippen LogP contribution in [0.25, 0.3) is 5.32 Å². The molecule has 2 N–H and O–H groups in total. The second-order valence-corrected chi connectivity index (χ2v) is 6.83. The molecule has 0 unspecified atom stereocenters. The summed E-state index contributed by atoms with van der Waals surface area (Å²) in [6.07, 6.45) is 9.18. The van der Waals surface area contributed by atoms with E-state index in [4.69, 9.17) is 5.11 Å². The van der Waals surface area contributed by atoms with Crippen LogP contribution in [0.1, 0.15) is 70.3 Å². The standard InChI is InChI=1S/C15H29N2O3.C7H8.K/c1-3-4-5-6-7-8-9-10-13(11-15(19)20)17-12-14(18)16-2;1-7-5-3-2-4-6-7;/h13H,3-12H2,1-2H3,(H,16,18)(H,19,20);2-6H,1H3;/q-1;;+1/t13-;;/m1../s1. The van der Waals surface area contributed by atoms with E-state index < -0.39 is 5.97 Å². The number of carbonyl (C=O) groups excluding carboxylic acids is 1. The van der Waals surface area contributed by atoms with Crippen molar-refractivity contribution in [1.29, 1.82) is 0 Å². The molecule has 5 nitrogen and oxygen atoms in total. The molecule has 1 rings (SSSR count). The molecular formula is C22H37KN2O3. The van der Waals surface area contributed by atoms with Crippen LogP contribution in [-0.4, -0.2) is 36.6 Å². The number of unbranched alkanes of at least 4 members (excludes halogenated alkanes) is 6. The Morgan fingerprint density at radius 2 is 1.61 bits per heavy atom. The predicted molar refractivity (Wildman–Crippen MR) is 112 cm³/mol. The van der Waals surface area contributed by atoms with Gasteiger partial charge in [0.25, 0.3) is 0 Å². The maximum Gasteiger partial charge on any atom is 1.00 e. The first kappa shape index (κ1) is 30.0. The van der Waals surface area contributed by atoms with Gasteiger partial charge in [0.15, 0.2) is 5.91 Å². The van der Waals surface area contributed by atoms with Crippen LogP contribution in [0.15, 0.2) is 30.3 Å². The molecule has 0 saturated heterocycles. The number of aliphatic carboxylic acids is 1. The Balaban J connectivity index is 0. The number of hydrogen-bond donors (Lipinski definition) is 2. The van der Waals surface area contributed by atoms with E-state index in [0.717, 1.165) is 19.3 Å². The van der Waals surface area contributed by atoms with E-state index >= 15 is 0 Å². The van der Waals surface area contributed by atoms with Gasteiger partial charge >= 0.3 is 57.4 Å². The van der Waals surface area contributed by atoms with Crippen molar-refractivity contribution in [2.24, 2.45) is 0 Å². The van der Waals surface area contributed by atoms with E-state index in [9.17, 15) is 9.59 Å². The smallest absolute Gasteiger partial charge is 0.651 e. The molecule has 0 aliphatic heterocycles. The first-order valence-electron chi connectivity index (χ1n) is 10.1. The Kier molecular flexibility index (Phi) is 23.0. The summed E-state index contributed by atoms with van der Waals surface area (Å²) in [4.78, 5) is 21.9.